The summed E-state index contributed by atoms with van der Waals surface area (Å²) in [7, 11) is 0. The van der Waals surface area contributed by atoms with Crippen LogP contribution in [0.5, 0.6) is 0 Å². The van der Waals surface area contributed by atoms with Crippen LogP contribution in [0.2, 0.25) is 0 Å². The van der Waals surface area contributed by atoms with Gasteiger partial charge >= 0.3 is 0 Å². The maximum Gasteiger partial charge on any atom is 0.181 e. The fourth-order valence-electron chi connectivity index (χ4n) is 1.25. The minimum Gasteiger partial charge on any atom is -0.375 e. The highest BCUT2D eigenvalue weighted by Gasteiger charge is 2.08. The number of nitrogens with two attached hydrogens (primary N) is 1. The lowest BCUT2D eigenvalue weighted by atomic mass is 10.1. The number of benzene rings is 1. The average Bonchev–Trinajstić information content (AvgIpc) is 2.45. The second kappa shape index (κ2) is 2.71. The second-order valence-corrected chi connectivity index (χ2v) is 3.83. The lowest BCUT2D eigenvalue weighted by molar-refractivity contribution is 1.39. The van der Waals surface area contributed by atoms with Crippen molar-refractivity contribution in [3.05, 3.63) is 23.3 Å². The predicted molar refractivity (Wildman–Crippen MR) is 53.5 cm³/mol. The van der Waals surface area contributed by atoms with E-state index in [0.29, 0.717) is 10.7 Å². The van der Waals surface area contributed by atoms with E-state index in [1.807, 2.05) is 19.1 Å². The van der Waals surface area contributed by atoms with Gasteiger partial charge in [-0.2, -0.15) is 5.26 Å². The van der Waals surface area contributed by atoms with E-state index in [-0.39, 0.29) is 0 Å². The van der Waals surface area contributed by atoms with Crippen LogP contribution in [0.3, 0.4) is 0 Å². The molecule has 0 aliphatic carbocycles. The Kier molecular flexibility index (Phi) is 1.67. The average molecular weight is 189 g/mol. The smallest absolute Gasteiger partial charge is 0.181 e. The van der Waals surface area contributed by atoms with Crippen molar-refractivity contribution in [2.75, 3.05) is 5.73 Å². The van der Waals surface area contributed by atoms with Crippen LogP contribution in [-0.4, -0.2) is 4.98 Å². The third-order valence-electron chi connectivity index (χ3n) is 1.90. The number of fused-ring (bicyclic) bond motifs is 1. The van der Waals surface area contributed by atoms with Gasteiger partial charge < -0.3 is 5.73 Å². The highest BCUT2D eigenvalue weighted by atomic mass is 32.1. The quantitative estimate of drug-likeness (QED) is 0.690. The Morgan fingerprint density at radius 2 is 2.31 bits per heavy atom. The molecule has 0 atom stereocenters. The first-order valence-electron chi connectivity index (χ1n) is 3.78. The molecule has 0 spiro atoms. The van der Waals surface area contributed by atoms with Crippen molar-refractivity contribution in [1.82, 2.24) is 4.98 Å². The lowest BCUT2D eigenvalue weighted by Crippen LogP contribution is -1.85. The van der Waals surface area contributed by atoms with Crippen molar-refractivity contribution in [1.29, 1.82) is 5.26 Å². The number of nitriles is 1. The Morgan fingerprint density at radius 3 is 3.00 bits per heavy atom. The molecule has 0 amide bonds. The van der Waals surface area contributed by atoms with Gasteiger partial charge in [0.25, 0.3) is 0 Å². The van der Waals surface area contributed by atoms with Crippen LogP contribution >= 0.6 is 11.3 Å². The van der Waals surface area contributed by atoms with Gasteiger partial charge in [-0.15, -0.1) is 0 Å². The zero-order valence-electron chi connectivity index (χ0n) is 7.03. The predicted octanol–water partition coefficient (Wildman–Crippen LogP) is 2.06. The first kappa shape index (κ1) is 8.02. The first-order valence-corrected chi connectivity index (χ1v) is 4.59. The number of nitrogens with zero attached hydrogens (tertiary/aromatic N) is 2. The minimum absolute atomic E-state index is 0.511. The van der Waals surface area contributed by atoms with Crippen LogP contribution in [0.25, 0.3) is 10.2 Å². The van der Waals surface area contributed by atoms with Crippen LogP contribution in [0.4, 0.5) is 5.13 Å². The fourth-order valence-corrected chi connectivity index (χ4v) is 2.00. The number of nitrogen functional groups attached to an aromatic ring is 1. The van der Waals surface area contributed by atoms with Gasteiger partial charge in [0.2, 0.25) is 0 Å². The van der Waals surface area contributed by atoms with E-state index in [2.05, 4.69) is 11.1 Å². The van der Waals surface area contributed by atoms with E-state index in [9.17, 15) is 0 Å². The van der Waals surface area contributed by atoms with Crippen molar-refractivity contribution in [2.45, 2.75) is 6.92 Å². The molecule has 0 aliphatic rings. The molecule has 1 aromatic carbocycles. The fraction of sp³-hybridized carbons (Fsp3) is 0.111. The summed E-state index contributed by atoms with van der Waals surface area (Å²) in [6.45, 7) is 1.90. The number of thiazole rings is 1. The van der Waals surface area contributed by atoms with Crippen LogP contribution in [0, 0.1) is 18.3 Å². The summed E-state index contributed by atoms with van der Waals surface area (Å²) in [6, 6.07) is 6.00. The summed E-state index contributed by atoms with van der Waals surface area (Å²) in [5, 5.41) is 9.41. The Hall–Kier alpha value is -1.60. The van der Waals surface area contributed by atoms with Crippen molar-refractivity contribution < 1.29 is 0 Å². The standard InChI is InChI=1S/C9H7N3S/c1-5-2-3-7-8(6(5)4-10)12-9(11)13-7/h2-3H,1H3,(H2,11,12). The molecular weight excluding hydrogens is 182 g/mol. The zero-order valence-corrected chi connectivity index (χ0v) is 7.85. The van der Waals surface area contributed by atoms with Crippen LogP contribution in [0.1, 0.15) is 11.1 Å². The highest BCUT2D eigenvalue weighted by Crippen LogP contribution is 2.27. The summed E-state index contributed by atoms with van der Waals surface area (Å²) in [5.74, 6) is 0. The molecule has 0 radical (unpaired) electrons. The molecule has 2 aromatic rings. The Bertz CT molecular complexity index is 507. The maximum absolute atomic E-state index is 8.90. The van der Waals surface area contributed by atoms with Gasteiger partial charge in [-0.1, -0.05) is 17.4 Å². The monoisotopic (exact) mass is 189 g/mol. The van der Waals surface area contributed by atoms with Gasteiger partial charge in [-0.05, 0) is 18.6 Å². The molecule has 13 heavy (non-hydrogen) atoms. The Labute approximate surface area is 79.4 Å². The molecule has 0 aliphatic heterocycles. The second-order valence-electron chi connectivity index (χ2n) is 2.77. The number of hydrogen-bond donors (Lipinski definition) is 1. The molecule has 4 heteroatoms. The number of aryl methyl sites for hydroxylation is 1. The van der Waals surface area contributed by atoms with Gasteiger partial charge in [-0.25, -0.2) is 4.98 Å². The van der Waals surface area contributed by atoms with Gasteiger partial charge in [0, 0.05) is 0 Å². The summed E-state index contributed by atoms with van der Waals surface area (Å²) in [4.78, 5) is 4.12. The van der Waals surface area contributed by atoms with E-state index in [1.165, 1.54) is 11.3 Å². The molecule has 64 valence electrons. The number of rotatable bonds is 0. The molecule has 2 rings (SSSR count). The van der Waals surface area contributed by atoms with Gasteiger partial charge in [0.1, 0.15) is 11.6 Å². The molecule has 1 aromatic heterocycles. The van der Waals surface area contributed by atoms with Crippen molar-refractivity contribution in [3.63, 3.8) is 0 Å². The largest absolute Gasteiger partial charge is 0.375 e. The zero-order chi connectivity index (χ0) is 9.42. The lowest BCUT2D eigenvalue weighted by Gasteiger charge is -1.95. The summed E-state index contributed by atoms with van der Waals surface area (Å²) in [6.07, 6.45) is 0. The Balaban J connectivity index is 2.93. The summed E-state index contributed by atoms with van der Waals surface area (Å²) < 4.78 is 0.972. The molecule has 3 nitrogen and oxygen atoms in total. The van der Waals surface area contributed by atoms with Crippen LogP contribution < -0.4 is 5.73 Å². The van der Waals surface area contributed by atoms with Gasteiger partial charge in [0.05, 0.1) is 10.3 Å². The Morgan fingerprint density at radius 1 is 1.54 bits per heavy atom. The molecular formula is C9H7N3S. The van der Waals surface area contributed by atoms with E-state index in [1.54, 1.807) is 0 Å². The minimum atomic E-state index is 0.511. The first-order chi connectivity index (χ1) is 6.22. The SMILES string of the molecule is Cc1ccc2sc(N)nc2c1C#N. The van der Waals surface area contributed by atoms with Crippen molar-refractivity contribution >= 4 is 26.7 Å². The van der Waals surface area contributed by atoms with Crippen molar-refractivity contribution in [2.24, 2.45) is 0 Å². The summed E-state index contributed by atoms with van der Waals surface area (Å²) >= 11 is 1.41. The van der Waals surface area contributed by atoms with Gasteiger partial charge in [0.15, 0.2) is 5.13 Å². The van der Waals surface area contributed by atoms with Crippen LogP contribution in [0.15, 0.2) is 12.1 Å². The number of hydrogen-bond acceptors (Lipinski definition) is 4. The van der Waals surface area contributed by atoms with E-state index < -0.39 is 0 Å². The summed E-state index contributed by atoms with van der Waals surface area (Å²) in [5.41, 5.74) is 7.86. The molecule has 0 unspecified atom stereocenters. The van der Waals surface area contributed by atoms with E-state index in [4.69, 9.17) is 11.0 Å². The third-order valence-corrected chi connectivity index (χ3v) is 2.75. The normalized spacial score (nSPS) is 10.2. The van der Waals surface area contributed by atoms with E-state index in [0.717, 1.165) is 15.8 Å². The number of aromatic nitrogens is 1. The van der Waals surface area contributed by atoms with Crippen LogP contribution in [-0.2, 0) is 0 Å². The highest BCUT2D eigenvalue weighted by molar-refractivity contribution is 7.22. The molecule has 0 saturated heterocycles. The van der Waals surface area contributed by atoms with E-state index >= 15 is 0 Å². The number of anilines is 1. The molecule has 0 saturated carbocycles. The molecule has 2 N–H and O–H groups in total. The molecule has 0 bridgehead atoms. The molecule has 1 heterocycles. The third kappa shape index (κ3) is 1.14. The van der Waals surface area contributed by atoms with Gasteiger partial charge in [-0.3, -0.25) is 0 Å². The van der Waals surface area contributed by atoms with Crippen molar-refractivity contribution in [3.8, 4) is 6.07 Å². The maximum atomic E-state index is 8.90. The molecule has 0 fully saturated rings. The topological polar surface area (TPSA) is 62.7 Å².